The highest BCUT2D eigenvalue weighted by Crippen LogP contribution is 2.34. The fraction of sp³-hybridized carbons (Fsp3) is 0. The minimum atomic E-state index is -3.58. The Morgan fingerprint density at radius 1 is 0.889 bits per heavy atom. The number of rotatable bonds is 0. The van der Waals surface area contributed by atoms with Crippen LogP contribution in [-0.2, 0) is 9.84 Å². The molecule has 1 aliphatic rings. The normalized spacial score (nSPS) is 15.9. The Bertz CT molecular complexity index is 779. The molecule has 0 amide bonds. The van der Waals surface area contributed by atoms with E-state index in [0.717, 1.165) is 3.57 Å². The van der Waals surface area contributed by atoms with Crippen molar-refractivity contribution in [1.29, 1.82) is 0 Å². The first-order valence-electron chi connectivity index (χ1n) is 5.20. The van der Waals surface area contributed by atoms with Crippen molar-refractivity contribution >= 4 is 38.2 Å². The van der Waals surface area contributed by atoms with Crippen LogP contribution in [0.25, 0.3) is 0 Å². The summed E-state index contributed by atoms with van der Waals surface area (Å²) in [4.78, 5) is 12.5. The van der Waals surface area contributed by atoms with Gasteiger partial charge in [0.15, 0.2) is 5.78 Å². The van der Waals surface area contributed by atoms with Gasteiger partial charge in [0.1, 0.15) is 0 Å². The second-order valence-corrected chi connectivity index (χ2v) is 7.10. The van der Waals surface area contributed by atoms with Gasteiger partial charge in [-0.05, 0) is 52.9 Å². The highest BCUT2D eigenvalue weighted by atomic mass is 127. The van der Waals surface area contributed by atoms with Gasteiger partial charge >= 0.3 is 0 Å². The van der Waals surface area contributed by atoms with Gasteiger partial charge in [-0.25, -0.2) is 8.42 Å². The number of benzene rings is 2. The Morgan fingerprint density at radius 3 is 2.33 bits per heavy atom. The number of sulfone groups is 1. The number of hydrogen-bond donors (Lipinski definition) is 0. The molecule has 0 aromatic heterocycles. The van der Waals surface area contributed by atoms with E-state index in [1.807, 2.05) is 22.6 Å². The monoisotopic (exact) mass is 370 g/mol. The van der Waals surface area contributed by atoms with Gasteiger partial charge in [-0.3, -0.25) is 4.79 Å². The smallest absolute Gasteiger partial charge is 0.208 e. The van der Waals surface area contributed by atoms with E-state index in [1.54, 1.807) is 36.4 Å². The summed E-state index contributed by atoms with van der Waals surface area (Å²) < 4.78 is 25.7. The fourth-order valence-corrected chi connectivity index (χ4v) is 4.44. The summed E-state index contributed by atoms with van der Waals surface area (Å²) in [5, 5.41) is 0. The van der Waals surface area contributed by atoms with Crippen molar-refractivity contribution in [2.24, 2.45) is 0 Å². The van der Waals surface area contributed by atoms with Gasteiger partial charge in [0.25, 0.3) is 0 Å². The fourth-order valence-electron chi connectivity index (χ4n) is 2.06. The van der Waals surface area contributed by atoms with Crippen molar-refractivity contribution in [3.8, 4) is 0 Å². The molecule has 0 atom stereocenters. The molecular formula is C13H7IO3S. The molecule has 3 rings (SSSR count). The van der Waals surface area contributed by atoms with Crippen LogP contribution in [0.15, 0.2) is 52.3 Å². The zero-order chi connectivity index (χ0) is 12.9. The van der Waals surface area contributed by atoms with Gasteiger partial charge in [-0.1, -0.05) is 12.1 Å². The Balaban J connectivity index is 2.45. The Hall–Kier alpha value is -1.21. The van der Waals surface area contributed by atoms with Crippen molar-refractivity contribution in [1.82, 2.24) is 0 Å². The molecular weight excluding hydrogens is 363 g/mol. The summed E-state index contributed by atoms with van der Waals surface area (Å²) in [7, 11) is -3.58. The summed E-state index contributed by atoms with van der Waals surface area (Å²) in [5.41, 5.74) is 0.514. The number of carbonyl (C=O) groups excluding carboxylic acids is 1. The van der Waals surface area contributed by atoms with Crippen LogP contribution in [0, 0.1) is 3.57 Å². The minimum absolute atomic E-state index is 0.101. The SMILES string of the molecule is O=C1c2ccccc2S(=O)(=O)c2cc(I)ccc21. The molecule has 0 bridgehead atoms. The summed E-state index contributed by atoms with van der Waals surface area (Å²) in [6.07, 6.45) is 0. The second-order valence-electron chi connectivity index (χ2n) is 3.97. The molecule has 18 heavy (non-hydrogen) atoms. The molecule has 0 spiro atoms. The van der Waals surface area contributed by atoms with Crippen LogP contribution in [0.3, 0.4) is 0 Å². The summed E-state index contributed by atoms with van der Waals surface area (Å²) in [6.45, 7) is 0. The van der Waals surface area contributed by atoms with Gasteiger partial charge < -0.3 is 0 Å². The lowest BCUT2D eigenvalue weighted by molar-refractivity contribution is 0.103. The van der Waals surface area contributed by atoms with E-state index in [-0.39, 0.29) is 26.7 Å². The second kappa shape index (κ2) is 3.89. The van der Waals surface area contributed by atoms with Crippen LogP contribution in [0.1, 0.15) is 15.9 Å². The first-order chi connectivity index (χ1) is 8.51. The van der Waals surface area contributed by atoms with Crippen molar-refractivity contribution in [3.63, 3.8) is 0 Å². The predicted octanol–water partition coefficient (Wildman–Crippen LogP) is 2.67. The minimum Gasteiger partial charge on any atom is -0.289 e. The highest BCUT2D eigenvalue weighted by molar-refractivity contribution is 14.1. The first kappa shape index (κ1) is 11.9. The molecule has 0 unspecified atom stereocenters. The molecule has 0 N–H and O–H groups in total. The molecule has 2 aromatic carbocycles. The van der Waals surface area contributed by atoms with E-state index >= 15 is 0 Å². The molecule has 2 aromatic rings. The van der Waals surface area contributed by atoms with Gasteiger partial charge in [-0.15, -0.1) is 0 Å². The lowest BCUT2D eigenvalue weighted by atomic mass is 10.0. The lowest BCUT2D eigenvalue weighted by Crippen LogP contribution is -2.20. The van der Waals surface area contributed by atoms with E-state index in [1.165, 1.54) is 6.07 Å². The molecule has 90 valence electrons. The quantitative estimate of drug-likeness (QED) is 0.572. The van der Waals surface area contributed by atoms with Crippen molar-refractivity contribution in [2.45, 2.75) is 9.79 Å². The van der Waals surface area contributed by atoms with E-state index in [2.05, 4.69) is 0 Å². The average Bonchev–Trinajstić information content (AvgIpc) is 2.36. The van der Waals surface area contributed by atoms with Crippen LogP contribution in [0.5, 0.6) is 0 Å². The van der Waals surface area contributed by atoms with E-state index < -0.39 is 9.84 Å². The van der Waals surface area contributed by atoms with E-state index in [0.29, 0.717) is 0 Å². The number of ketones is 1. The molecule has 0 fully saturated rings. The van der Waals surface area contributed by atoms with Crippen molar-refractivity contribution in [2.75, 3.05) is 0 Å². The zero-order valence-corrected chi connectivity index (χ0v) is 12.0. The molecule has 1 aliphatic heterocycles. The van der Waals surface area contributed by atoms with Crippen LogP contribution >= 0.6 is 22.6 Å². The van der Waals surface area contributed by atoms with Gasteiger partial charge in [-0.2, -0.15) is 0 Å². The topological polar surface area (TPSA) is 51.2 Å². The third kappa shape index (κ3) is 1.54. The molecule has 1 heterocycles. The maximum Gasteiger partial charge on any atom is 0.208 e. The highest BCUT2D eigenvalue weighted by Gasteiger charge is 2.34. The molecule has 3 nitrogen and oxygen atoms in total. The predicted molar refractivity (Wildman–Crippen MR) is 74.5 cm³/mol. The van der Waals surface area contributed by atoms with Crippen LogP contribution in [-0.4, -0.2) is 14.2 Å². The Labute approximate surface area is 118 Å². The molecule has 0 saturated carbocycles. The molecule has 0 aliphatic carbocycles. The third-order valence-corrected chi connectivity index (χ3v) is 5.42. The largest absolute Gasteiger partial charge is 0.289 e. The number of halogens is 1. The molecule has 0 saturated heterocycles. The lowest BCUT2D eigenvalue weighted by Gasteiger charge is -2.18. The summed E-state index contributed by atoms with van der Waals surface area (Å²) >= 11 is 2.03. The van der Waals surface area contributed by atoms with Crippen LogP contribution < -0.4 is 0 Å². The van der Waals surface area contributed by atoms with Crippen molar-refractivity contribution < 1.29 is 13.2 Å². The Kier molecular flexibility index (Phi) is 2.56. The number of hydrogen-bond acceptors (Lipinski definition) is 3. The van der Waals surface area contributed by atoms with Gasteiger partial charge in [0.2, 0.25) is 9.84 Å². The Morgan fingerprint density at radius 2 is 1.56 bits per heavy atom. The summed E-state index contributed by atoms with van der Waals surface area (Å²) in [6, 6.07) is 11.2. The molecule has 0 radical (unpaired) electrons. The van der Waals surface area contributed by atoms with Gasteiger partial charge in [0, 0.05) is 14.7 Å². The van der Waals surface area contributed by atoms with E-state index in [9.17, 15) is 13.2 Å². The first-order valence-corrected chi connectivity index (χ1v) is 7.76. The number of fused-ring (bicyclic) bond motifs is 2. The third-order valence-electron chi connectivity index (χ3n) is 2.90. The van der Waals surface area contributed by atoms with Crippen LogP contribution in [0.4, 0.5) is 0 Å². The van der Waals surface area contributed by atoms with Gasteiger partial charge in [0.05, 0.1) is 9.79 Å². The van der Waals surface area contributed by atoms with Crippen molar-refractivity contribution in [3.05, 3.63) is 57.2 Å². The van der Waals surface area contributed by atoms with Crippen LogP contribution in [0.2, 0.25) is 0 Å². The maximum atomic E-state index is 12.4. The standard InChI is InChI=1S/C13H7IO3S/c14-8-5-6-10-12(7-8)18(16,17)11-4-2-1-3-9(11)13(10)15/h1-7H. The van der Waals surface area contributed by atoms with E-state index in [4.69, 9.17) is 0 Å². The molecule has 5 heteroatoms. The maximum absolute atomic E-state index is 12.4. The number of carbonyl (C=O) groups is 1. The summed E-state index contributed by atoms with van der Waals surface area (Å²) in [5.74, 6) is -0.230. The zero-order valence-electron chi connectivity index (χ0n) is 9.05. The average molecular weight is 370 g/mol.